The molecule has 0 aliphatic carbocycles. The van der Waals surface area contributed by atoms with Crippen molar-refractivity contribution in [3.63, 3.8) is 0 Å². The van der Waals surface area contributed by atoms with Crippen molar-refractivity contribution in [3.8, 4) is 5.82 Å². The van der Waals surface area contributed by atoms with Crippen LogP contribution in [0, 0.1) is 20.8 Å². The van der Waals surface area contributed by atoms with Crippen molar-refractivity contribution in [1.82, 2.24) is 29.3 Å². The summed E-state index contributed by atoms with van der Waals surface area (Å²) in [6.45, 7) is 5.68. The van der Waals surface area contributed by atoms with E-state index in [2.05, 4.69) is 19.9 Å². The molecule has 2 aromatic heterocycles. The van der Waals surface area contributed by atoms with E-state index >= 15 is 0 Å². The van der Waals surface area contributed by atoms with Crippen LogP contribution in [0.2, 0.25) is 0 Å². The molecule has 1 aromatic carbocycles. The molecular formula is C17H20N6O3S. The van der Waals surface area contributed by atoms with Gasteiger partial charge in [0, 0.05) is 12.6 Å². The van der Waals surface area contributed by atoms with Crippen LogP contribution in [0.1, 0.15) is 16.7 Å². The highest BCUT2D eigenvalue weighted by molar-refractivity contribution is 7.89. The van der Waals surface area contributed by atoms with Crippen molar-refractivity contribution in [3.05, 3.63) is 64.0 Å². The molecule has 0 saturated heterocycles. The van der Waals surface area contributed by atoms with Gasteiger partial charge in [-0.2, -0.15) is 5.10 Å². The minimum absolute atomic E-state index is 0.0302. The van der Waals surface area contributed by atoms with Crippen LogP contribution in [-0.4, -0.2) is 39.5 Å². The number of nitrogens with zero attached hydrogens (tertiary/aromatic N) is 5. The number of aromatic nitrogens is 5. The second-order valence-corrected chi connectivity index (χ2v) is 7.93. The van der Waals surface area contributed by atoms with E-state index in [1.165, 1.54) is 34.2 Å². The zero-order valence-corrected chi connectivity index (χ0v) is 16.1. The maximum absolute atomic E-state index is 12.6. The zero-order valence-electron chi connectivity index (χ0n) is 15.2. The van der Waals surface area contributed by atoms with Gasteiger partial charge in [-0.25, -0.2) is 27.5 Å². The number of benzene rings is 1. The average Bonchev–Trinajstić information content (AvgIpc) is 3.14. The topological polar surface area (TPSA) is 112 Å². The van der Waals surface area contributed by atoms with E-state index in [4.69, 9.17) is 0 Å². The van der Waals surface area contributed by atoms with Gasteiger partial charge in [0.25, 0.3) is 5.56 Å². The lowest BCUT2D eigenvalue weighted by Crippen LogP contribution is -2.32. The van der Waals surface area contributed by atoms with Gasteiger partial charge in [-0.05, 0) is 49.6 Å². The maximum Gasteiger partial charge on any atom is 0.266 e. The first-order valence-corrected chi connectivity index (χ1v) is 9.77. The Morgan fingerprint density at radius 2 is 1.81 bits per heavy atom. The molecule has 0 bridgehead atoms. The second kappa shape index (κ2) is 7.41. The summed E-state index contributed by atoms with van der Waals surface area (Å²) in [6.07, 6.45) is 2.82. The van der Waals surface area contributed by atoms with Gasteiger partial charge >= 0.3 is 0 Å². The maximum atomic E-state index is 12.6. The number of aryl methyl sites for hydroxylation is 3. The van der Waals surface area contributed by atoms with Crippen LogP contribution in [0.5, 0.6) is 0 Å². The van der Waals surface area contributed by atoms with E-state index in [0.29, 0.717) is 11.4 Å². The summed E-state index contributed by atoms with van der Waals surface area (Å²) in [4.78, 5) is 16.1. The first kappa shape index (κ1) is 18.9. The molecule has 0 spiro atoms. The number of nitrogens with one attached hydrogen (secondary N) is 1. The average molecular weight is 388 g/mol. The van der Waals surface area contributed by atoms with Crippen molar-refractivity contribution < 1.29 is 8.42 Å². The highest BCUT2D eigenvalue weighted by atomic mass is 32.2. The highest BCUT2D eigenvalue weighted by Crippen LogP contribution is 2.19. The number of rotatable bonds is 6. The van der Waals surface area contributed by atoms with Crippen molar-refractivity contribution in [2.24, 2.45) is 0 Å². The molecule has 3 aromatic rings. The van der Waals surface area contributed by atoms with Gasteiger partial charge in [-0.3, -0.25) is 4.79 Å². The van der Waals surface area contributed by atoms with Gasteiger partial charge in [0.05, 0.1) is 11.4 Å². The highest BCUT2D eigenvalue weighted by Gasteiger charge is 2.17. The third-order valence-electron chi connectivity index (χ3n) is 4.20. The van der Waals surface area contributed by atoms with Crippen molar-refractivity contribution in [2.45, 2.75) is 32.2 Å². The van der Waals surface area contributed by atoms with Crippen molar-refractivity contribution >= 4 is 10.0 Å². The Hall–Kier alpha value is -2.85. The molecule has 0 atom stereocenters. The molecule has 0 amide bonds. The standard InChI is InChI=1S/C17H20N6O3S/c1-12-8-14(3)15(9-13(12)2)27(25,26)20-6-7-22-17(24)5-4-16(21-22)23-11-18-10-19-23/h4-5,8-11,20H,6-7H2,1-3H3. The minimum Gasteiger partial charge on any atom is -0.268 e. The summed E-state index contributed by atoms with van der Waals surface area (Å²) in [5, 5.41) is 8.14. The first-order chi connectivity index (χ1) is 12.8. The molecule has 9 nitrogen and oxygen atoms in total. The summed E-state index contributed by atoms with van der Waals surface area (Å²) in [5.41, 5.74) is 2.28. The molecule has 27 heavy (non-hydrogen) atoms. The van der Waals surface area contributed by atoms with Crippen LogP contribution in [0.15, 0.2) is 46.6 Å². The quantitative estimate of drug-likeness (QED) is 0.666. The summed E-state index contributed by atoms with van der Waals surface area (Å²) in [7, 11) is -3.69. The van der Waals surface area contributed by atoms with Gasteiger partial charge < -0.3 is 0 Å². The monoisotopic (exact) mass is 388 g/mol. The molecule has 0 aliphatic rings. The van der Waals surface area contributed by atoms with E-state index in [-0.39, 0.29) is 23.5 Å². The van der Waals surface area contributed by atoms with Crippen LogP contribution in [-0.2, 0) is 16.6 Å². The number of hydrogen-bond acceptors (Lipinski definition) is 6. The van der Waals surface area contributed by atoms with Crippen LogP contribution < -0.4 is 10.3 Å². The predicted molar refractivity (Wildman–Crippen MR) is 99.3 cm³/mol. The fourth-order valence-electron chi connectivity index (χ4n) is 2.63. The van der Waals surface area contributed by atoms with E-state index in [1.54, 1.807) is 13.0 Å². The lowest BCUT2D eigenvalue weighted by atomic mass is 10.1. The van der Waals surface area contributed by atoms with Crippen LogP contribution in [0.4, 0.5) is 0 Å². The summed E-state index contributed by atoms with van der Waals surface area (Å²) in [5.74, 6) is 0.417. The molecule has 0 radical (unpaired) electrons. The third-order valence-corrected chi connectivity index (χ3v) is 5.81. The van der Waals surface area contributed by atoms with Crippen LogP contribution in [0.3, 0.4) is 0 Å². The SMILES string of the molecule is Cc1cc(C)c(S(=O)(=O)NCCn2nc(-n3cncn3)ccc2=O)cc1C. The van der Waals surface area contributed by atoms with Crippen molar-refractivity contribution in [1.29, 1.82) is 0 Å². The smallest absolute Gasteiger partial charge is 0.266 e. The van der Waals surface area contributed by atoms with Gasteiger partial charge in [-0.15, -0.1) is 5.10 Å². The second-order valence-electron chi connectivity index (χ2n) is 6.19. The Morgan fingerprint density at radius 3 is 2.52 bits per heavy atom. The van der Waals surface area contributed by atoms with E-state index < -0.39 is 10.0 Å². The van der Waals surface area contributed by atoms with Gasteiger partial charge in [0.15, 0.2) is 5.82 Å². The molecule has 0 saturated carbocycles. The largest absolute Gasteiger partial charge is 0.268 e. The summed E-state index contributed by atoms with van der Waals surface area (Å²) < 4.78 is 30.3. The Balaban J connectivity index is 1.75. The Kier molecular flexibility index (Phi) is 5.19. The number of sulfonamides is 1. The molecule has 2 heterocycles. The molecule has 142 valence electrons. The number of hydrogen-bond donors (Lipinski definition) is 1. The molecule has 10 heteroatoms. The van der Waals surface area contributed by atoms with Crippen LogP contribution in [0.25, 0.3) is 5.82 Å². The lowest BCUT2D eigenvalue weighted by Gasteiger charge is -2.12. The van der Waals surface area contributed by atoms with Crippen LogP contribution >= 0.6 is 0 Å². The zero-order chi connectivity index (χ0) is 19.6. The predicted octanol–water partition coefficient (Wildman–Crippen LogP) is 0.728. The van der Waals surface area contributed by atoms with Gasteiger partial charge in [-0.1, -0.05) is 6.07 Å². The van der Waals surface area contributed by atoms with Gasteiger partial charge in [0.2, 0.25) is 10.0 Å². The molecule has 0 aliphatic heterocycles. The van der Waals surface area contributed by atoms with Crippen molar-refractivity contribution in [2.75, 3.05) is 6.54 Å². The molecule has 1 N–H and O–H groups in total. The van der Waals surface area contributed by atoms with E-state index in [1.807, 2.05) is 19.9 Å². The molecule has 0 unspecified atom stereocenters. The Bertz CT molecular complexity index is 1120. The summed E-state index contributed by atoms with van der Waals surface area (Å²) in [6, 6.07) is 6.38. The Labute approximate surface area is 156 Å². The summed E-state index contributed by atoms with van der Waals surface area (Å²) >= 11 is 0. The Morgan fingerprint density at radius 1 is 1.07 bits per heavy atom. The normalized spacial score (nSPS) is 11.7. The first-order valence-electron chi connectivity index (χ1n) is 8.28. The fourth-order valence-corrected chi connectivity index (χ4v) is 3.96. The third kappa shape index (κ3) is 4.12. The molecule has 3 rings (SSSR count). The lowest BCUT2D eigenvalue weighted by molar-refractivity contribution is 0.541. The minimum atomic E-state index is -3.69. The van der Waals surface area contributed by atoms with E-state index in [9.17, 15) is 13.2 Å². The fraction of sp³-hybridized carbons (Fsp3) is 0.294. The molecule has 0 fully saturated rings. The van der Waals surface area contributed by atoms with Gasteiger partial charge in [0.1, 0.15) is 12.7 Å². The molecular weight excluding hydrogens is 368 g/mol. The van der Waals surface area contributed by atoms with E-state index in [0.717, 1.165) is 11.1 Å².